The molecule has 3 rings (SSSR count). The molecular formula is C23H38N6OS. The number of piperazine rings is 1. The van der Waals surface area contributed by atoms with Crippen LogP contribution in [0.5, 0.6) is 0 Å². The highest BCUT2D eigenvalue weighted by atomic mass is 32.2. The van der Waals surface area contributed by atoms with Crippen LogP contribution in [0.2, 0.25) is 0 Å². The lowest BCUT2D eigenvalue weighted by molar-refractivity contribution is -0.112. The number of hydrogen-bond acceptors (Lipinski definition) is 7. The molecule has 2 heterocycles. The fraction of sp³-hybridized carbons (Fsp3) is 0.609. The summed E-state index contributed by atoms with van der Waals surface area (Å²) >= 11 is 1.81. The number of carbonyl (C=O) groups is 1. The Morgan fingerprint density at radius 3 is 2.61 bits per heavy atom. The smallest absolute Gasteiger partial charge is 0.208 e. The zero-order valence-corrected chi connectivity index (χ0v) is 20.6. The van der Waals surface area contributed by atoms with Gasteiger partial charge in [0.05, 0.1) is 18.2 Å². The molecule has 1 fully saturated rings. The monoisotopic (exact) mass is 446 g/mol. The Kier molecular flexibility index (Phi) is 10.5. The van der Waals surface area contributed by atoms with Gasteiger partial charge in [0.15, 0.2) is 0 Å². The molecule has 0 radical (unpaired) electrons. The maximum atomic E-state index is 11.1. The van der Waals surface area contributed by atoms with E-state index >= 15 is 0 Å². The maximum Gasteiger partial charge on any atom is 0.208 e. The molecule has 31 heavy (non-hydrogen) atoms. The second-order valence-corrected chi connectivity index (χ2v) is 9.11. The summed E-state index contributed by atoms with van der Waals surface area (Å²) in [7, 11) is 0. The molecule has 1 saturated heterocycles. The summed E-state index contributed by atoms with van der Waals surface area (Å²) in [5.41, 5.74) is 0.941. The van der Waals surface area contributed by atoms with Gasteiger partial charge in [-0.15, -0.1) is 0 Å². The van der Waals surface area contributed by atoms with Crippen LogP contribution in [-0.2, 0) is 11.3 Å². The van der Waals surface area contributed by atoms with E-state index in [1.165, 1.54) is 0 Å². The van der Waals surface area contributed by atoms with Crippen molar-refractivity contribution in [3.8, 4) is 0 Å². The predicted molar refractivity (Wildman–Crippen MR) is 132 cm³/mol. The van der Waals surface area contributed by atoms with Crippen LogP contribution in [0.4, 0.5) is 5.82 Å². The third-order valence-electron chi connectivity index (χ3n) is 5.38. The van der Waals surface area contributed by atoms with Crippen molar-refractivity contribution in [3.63, 3.8) is 0 Å². The van der Waals surface area contributed by atoms with Crippen LogP contribution < -0.4 is 10.6 Å². The lowest BCUT2D eigenvalue weighted by Crippen LogP contribution is -2.56. The van der Waals surface area contributed by atoms with Gasteiger partial charge in [0.1, 0.15) is 11.6 Å². The molecular weight excluding hydrogens is 408 g/mol. The number of carbonyl (C=O) groups excluding carboxylic acids is 1. The topological polar surface area (TPSA) is 73.4 Å². The first-order chi connectivity index (χ1) is 15.0. The average Bonchev–Trinajstić information content (AvgIpc) is 2.77. The SMILES string of the molecule is CC.CCSN1CCN(Cc2nc(N[C@H](C)C(C)C)c3ccccc3n2)C(NC=O)C1. The molecule has 2 atom stereocenters. The molecule has 0 spiro atoms. The normalized spacial score (nSPS) is 18.4. The number of benzene rings is 1. The van der Waals surface area contributed by atoms with Crippen LogP contribution in [0.3, 0.4) is 0 Å². The van der Waals surface area contributed by atoms with Gasteiger partial charge >= 0.3 is 0 Å². The zero-order chi connectivity index (χ0) is 22.8. The summed E-state index contributed by atoms with van der Waals surface area (Å²) in [6.07, 6.45) is 0.748. The number of anilines is 1. The number of nitrogens with one attached hydrogen (secondary N) is 2. The Bertz CT molecular complexity index is 818. The van der Waals surface area contributed by atoms with Gasteiger partial charge in [-0.3, -0.25) is 9.69 Å². The third-order valence-corrected chi connectivity index (χ3v) is 6.34. The van der Waals surface area contributed by atoms with Crippen molar-refractivity contribution in [2.45, 2.75) is 60.3 Å². The van der Waals surface area contributed by atoms with E-state index in [4.69, 9.17) is 9.97 Å². The van der Waals surface area contributed by atoms with E-state index in [0.29, 0.717) is 18.5 Å². The van der Waals surface area contributed by atoms with Crippen LogP contribution >= 0.6 is 11.9 Å². The van der Waals surface area contributed by atoms with E-state index < -0.39 is 0 Å². The molecule has 0 aliphatic carbocycles. The molecule has 8 heteroatoms. The first kappa shape index (κ1) is 25.4. The van der Waals surface area contributed by atoms with E-state index in [9.17, 15) is 4.79 Å². The molecule has 172 valence electrons. The fourth-order valence-corrected chi connectivity index (χ4v) is 4.21. The molecule has 0 bridgehead atoms. The van der Waals surface area contributed by atoms with Crippen LogP contribution in [0.15, 0.2) is 24.3 Å². The van der Waals surface area contributed by atoms with Gasteiger partial charge in [0.25, 0.3) is 0 Å². The summed E-state index contributed by atoms with van der Waals surface area (Å²) < 4.78 is 2.32. The van der Waals surface area contributed by atoms with Gasteiger partial charge in [-0.1, -0.05) is 58.7 Å². The van der Waals surface area contributed by atoms with Crippen molar-refractivity contribution in [2.75, 3.05) is 30.7 Å². The molecule has 1 aromatic heterocycles. The maximum absolute atomic E-state index is 11.1. The first-order valence-electron chi connectivity index (χ1n) is 11.4. The minimum absolute atomic E-state index is 0.0404. The Morgan fingerprint density at radius 1 is 1.19 bits per heavy atom. The van der Waals surface area contributed by atoms with Crippen LogP contribution in [0, 0.1) is 5.92 Å². The number of aromatic nitrogens is 2. The van der Waals surface area contributed by atoms with Crippen molar-refractivity contribution in [1.82, 2.24) is 24.5 Å². The minimum Gasteiger partial charge on any atom is -0.367 e. The van der Waals surface area contributed by atoms with Gasteiger partial charge in [-0.2, -0.15) is 0 Å². The molecule has 1 amide bonds. The van der Waals surface area contributed by atoms with Crippen molar-refractivity contribution in [1.29, 1.82) is 0 Å². The summed E-state index contributed by atoms with van der Waals surface area (Å²) in [5.74, 6) is 3.19. The van der Waals surface area contributed by atoms with Crippen LogP contribution in [-0.4, -0.2) is 63.2 Å². The van der Waals surface area contributed by atoms with Crippen LogP contribution in [0.25, 0.3) is 10.9 Å². The Morgan fingerprint density at radius 2 is 1.94 bits per heavy atom. The number of nitrogens with zero attached hydrogens (tertiary/aromatic N) is 4. The molecule has 0 saturated carbocycles. The van der Waals surface area contributed by atoms with E-state index in [-0.39, 0.29) is 6.17 Å². The largest absolute Gasteiger partial charge is 0.367 e. The number of para-hydroxylation sites is 1. The Balaban J connectivity index is 0.00000166. The Labute approximate surface area is 191 Å². The summed E-state index contributed by atoms with van der Waals surface area (Å²) in [6, 6.07) is 8.42. The van der Waals surface area contributed by atoms with Gasteiger partial charge in [-0.05, 0) is 25.0 Å². The lowest BCUT2D eigenvalue weighted by Gasteiger charge is -2.40. The van der Waals surface area contributed by atoms with Crippen molar-refractivity contribution in [2.24, 2.45) is 5.92 Å². The fourth-order valence-electron chi connectivity index (χ4n) is 3.39. The zero-order valence-electron chi connectivity index (χ0n) is 19.8. The minimum atomic E-state index is -0.0404. The standard InChI is InChI=1S/C21H32N6OS.C2H6/c1-5-29-27-11-10-26(20(13-27)22-14-28)12-19-24-18-9-7-6-8-17(18)21(25-19)23-16(4)15(2)3;1-2/h6-9,14-16,20H,5,10-13H2,1-4H3,(H,22,28)(H,23,24,25);1-2H3/t16-,20?;/m1./s1. The third kappa shape index (κ3) is 7.05. The summed E-state index contributed by atoms with van der Waals surface area (Å²) in [4.78, 5) is 23.1. The summed E-state index contributed by atoms with van der Waals surface area (Å²) in [6.45, 7) is 15.9. The summed E-state index contributed by atoms with van der Waals surface area (Å²) in [5, 5.41) is 7.57. The average molecular weight is 447 g/mol. The highest BCUT2D eigenvalue weighted by Gasteiger charge is 2.27. The molecule has 2 aromatic rings. The lowest BCUT2D eigenvalue weighted by atomic mass is 10.1. The van der Waals surface area contributed by atoms with Crippen molar-refractivity contribution < 1.29 is 4.79 Å². The van der Waals surface area contributed by atoms with Crippen molar-refractivity contribution >= 4 is 35.1 Å². The number of amides is 1. The molecule has 7 nitrogen and oxygen atoms in total. The highest BCUT2D eigenvalue weighted by Crippen LogP contribution is 2.24. The van der Waals surface area contributed by atoms with E-state index in [2.05, 4.69) is 53.6 Å². The quantitative estimate of drug-likeness (QED) is 0.446. The second kappa shape index (κ2) is 12.8. The van der Waals surface area contributed by atoms with E-state index in [0.717, 1.165) is 54.3 Å². The second-order valence-electron chi connectivity index (χ2n) is 7.76. The first-order valence-corrected chi connectivity index (χ1v) is 12.3. The number of hydrogen-bond donors (Lipinski definition) is 2. The van der Waals surface area contributed by atoms with Gasteiger partial charge in [0.2, 0.25) is 6.41 Å². The number of fused-ring (bicyclic) bond motifs is 1. The van der Waals surface area contributed by atoms with Gasteiger partial charge in [-0.25, -0.2) is 14.3 Å². The molecule has 2 N–H and O–H groups in total. The molecule has 1 aliphatic heterocycles. The van der Waals surface area contributed by atoms with E-state index in [1.807, 2.05) is 44.0 Å². The molecule has 1 unspecified atom stereocenters. The van der Waals surface area contributed by atoms with Gasteiger partial charge in [0, 0.05) is 36.8 Å². The molecule has 1 aliphatic rings. The van der Waals surface area contributed by atoms with Crippen molar-refractivity contribution in [3.05, 3.63) is 30.1 Å². The Hall–Kier alpha value is -1.90. The van der Waals surface area contributed by atoms with Crippen LogP contribution in [0.1, 0.15) is 47.4 Å². The van der Waals surface area contributed by atoms with E-state index in [1.54, 1.807) is 0 Å². The molecule has 1 aromatic carbocycles. The number of rotatable bonds is 9. The van der Waals surface area contributed by atoms with Gasteiger partial charge < -0.3 is 10.6 Å². The predicted octanol–water partition coefficient (Wildman–Crippen LogP) is 3.97. The highest BCUT2D eigenvalue weighted by molar-refractivity contribution is 7.96.